The van der Waals surface area contributed by atoms with E-state index >= 15 is 0 Å². The van der Waals surface area contributed by atoms with Gasteiger partial charge in [0.15, 0.2) is 5.78 Å². The first-order valence-corrected chi connectivity index (χ1v) is 10.2. The Labute approximate surface area is 183 Å². The number of hydrogen-bond acceptors (Lipinski definition) is 5. The molecule has 2 unspecified atom stereocenters. The van der Waals surface area contributed by atoms with Crippen LogP contribution < -0.4 is 0 Å². The molecule has 4 rings (SSSR count). The van der Waals surface area contributed by atoms with Gasteiger partial charge >= 0.3 is 0 Å². The highest BCUT2D eigenvalue weighted by Crippen LogP contribution is 2.30. The first-order chi connectivity index (χ1) is 15.3. The molecule has 0 aliphatic carbocycles. The molecule has 0 saturated carbocycles. The number of aryl methyl sites for hydroxylation is 2. The molecule has 4 aromatic rings. The van der Waals surface area contributed by atoms with Gasteiger partial charge in [0.25, 0.3) is 0 Å². The monoisotopic (exact) mass is 436 g/mol. The summed E-state index contributed by atoms with van der Waals surface area (Å²) < 4.78 is 29.8. The minimum atomic E-state index is -0.555. The van der Waals surface area contributed by atoms with E-state index in [-0.39, 0.29) is 17.4 Å². The normalized spacial score (nSPS) is 13.2. The Morgan fingerprint density at radius 2 is 1.06 bits per heavy atom. The van der Waals surface area contributed by atoms with E-state index in [0.29, 0.717) is 34.2 Å². The van der Waals surface area contributed by atoms with Gasteiger partial charge in [-0.3, -0.25) is 4.79 Å². The maximum absolute atomic E-state index is 13.6. The van der Waals surface area contributed by atoms with E-state index in [1.807, 2.05) is 0 Å². The predicted molar refractivity (Wildman–Crippen MR) is 114 cm³/mol. The summed E-state index contributed by atoms with van der Waals surface area (Å²) >= 11 is 0. The van der Waals surface area contributed by atoms with Crippen LogP contribution in [0.3, 0.4) is 0 Å². The number of rotatable bonds is 6. The second kappa shape index (κ2) is 8.41. The Bertz CT molecular complexity index is 1160. The van der Waals surface area contributed by atoms with Crippen molar-refractivity contribution in [3.05, 3.63) is 82.9 Å². The van der Waals surface area contributed by atoms with Crippen molar-refractivity contribution >= 4 is 5.78 Å². The van der Waals surface area contributed by atoms with Crippen LogP contribution in [0.25, 0.3) is 11.4 Å². The van der Waals surface area contributed by atoms with E-state index in [0.717, 1.165) is 0 Å². The zero-order valence-corrected chi connectivity index (χ0v) is 18.1. The summed E-state index contributed by atoms with van der Waals surface area (Å²) in [6.07, 6.45) is 0. The number of hydrogen-bond donors (Lipinski definition) is 0. The summed E-state index contributed by atoms with van der Waals surface area (Å²) in [6, 6.07) is 11.7. The summed E-state index contributed by atoms with van der Waals surface area (Å²) in [5.74, 6) is -1.90. The van der Waals surface area contributed by atoms with Crippen molar-refractivity contribution in [1.82, 2.24) is 30.0 Å². The molecular formula is C23H22F2N6O. The van der Waals surface area contributed by atoms with Crippen molar-refractivity contribution in [2.45, 2.75) is 39.5 Å². The molecule has 0 spiro atoms. The van der Waals surface area contributed by atoms with Gasteiger partial charge < -0.3 is 0 Å². The van der Waals surface area contributed by atoms with Crippen LogP contribution in [0.4, 0.5) is 8.78 Å². The maximum atomic E-state index is 13.6. The third kappa shape index (κ3) is 3.81. The molecule has 7 nitrogen and oxygen atoms in total. The van der Waals surface area contributed by atoms with Gasteiger partial charge in [0.1, 0.15) is 11.6 Å². The highest BCUT2D eigenvalue weighted by Gasteiger charge is 2.31. The molecule has 2 aromatic heterocycles. The molecule has 9 heteroatoms. The first-order valence-electron chi connectivity index (χ1n) is 10.2. The average Bonchev–Trinajstić information content (AvgIpc) is 3.36. The number of carbonyl (C=O) groups excluding carboxylic acids is 1. The molecule has 0 fully saturated rings. The van der Waals surface area contributed by atoms with Crippen LogP contribution in [0.5, 0.6) is 0 Å². The Morgan fingerprint density at radius 3 is 1.41 bits per heavy atom. The highest BCUT2D eigenvalue weighted by molar-refractivity contribution is 5.91. The molecule has 0 radical (unpaired) electrons. The molecule has 0 N–H and O–H groups in total. The number of Topliss-reactive ketones (excluding diaryl/α,β-unsaturated/α-hetero) is 1. The summed E-state index contributed by atoms with van der Waals surface area (Å²) in [4.78, 5) is 13.6. The second-order valence-electron chi connectivity index (χ2n) is 7.74. The first kappa shape index (κ1) is 21.5. The molecule has 32 heavy (non-hydrogen) atoms. The summed E-state index contributed by atoms with van der Waals surface area (Å²) in [6.45, 7) is 7.16. The van der Waals surface area contributed by atoms with E-state index in [1.54, 1.807) is 61.3 Å². The van der Waals surface area contributed by atoms with Crippen molar-refractivity contribution in [3.63, 3.8) is 0 Å². The minimum absolute atomic E-state index is 0.0764. The standard InChI is InChI=1S/C23H22F2N6O/c1-13(21-15(3)26-28-30(21)19-9-5-17(24)6-10-19)23(32)14(2)22-16(4)27-29-31(22)20-11-7-18(25)8-12-20/h5-14H,1-4H3. The number of benzene rings is 2. The third-order valence-electron chi connectivity index (χ3n) is 5.58. The number of halogens is 2. The molecule has 0 aliphatic rings. The SMILES string of the molecule is Cc1nnn(-c2ccc(F)cc2)c1C(C)C(=O)C(C)c1c(C)nnn1-c1ccc(F)cc1. The maximum Gasteiger partial charge on any atom is 0.150 e. The Hall–Kier alpha value is -3.75. The van der Waals surface area contributed by atoms with E-state index in [4.69, 9.17) is 0 Å². The zero-order chi connectivity index (χ0) is 23.0. The van der Waals surface area contributed by atoms with Gasteiger partial charge in [0.2, 0.25) is 0 Å². The summed E-state index contributed by atoms with van der Waals surface area (Å²) in [5.41, 5.74) is 3.72. The van der Waals surface area contributed by atoms with Crippen LogP contribution in [-0.2, 0) is 4.79 Å². The van der Waals surface area contributed by atoms with Crippen LogP contribution in [0.2, 0.25) is 0 Å². The molecule has 2 atom stereocenters. The zero-order valence-electron chi connectivity index (χ0n) is 18.1. The van der Waals surface area contributed by atoms with Crippen LogP contribution in [0, 0.1) is 25.5 Å². The Kier molecular flexibility index (Phi) is 5.65. The fraction of sp³-hybridized carbons (Fsp3) is 0.261. The fourth-order valence-corrected chi connectivity index (χ4v) is 3.91. The van der Waals surface area contributed by atoms with Gasteiger partial charge in [-0.25, -0.2) is 18.1 Å². The second-order valence-corrected chi connectivity index (χ2v) is 7.74. The van der Waals surface area contributed by atoms with E-state index in [1.165, 1.54) is 24.3 Å². The molecule has 0 amide bonds. The van der Waals surface area contributed by atoms with Crippen molar-refractivity contribution in [1.29, 1.82) is 0 Å². The molecular weight excluding hydrogens is 414 g/mol. The van der Waals surface area contributed by atoms with Crippen molar-refractivity contribution < 1.29 is 13.6 Å². The van der Waals surface area contributed by atoms with Crippen molar-refractivity contribution in [2.24, 2.45) is 0 Å². The van der Waals surface area contributed by atoms with Gasteiger partial charge in [-0.2, -0.15) is 0 Å². The quantitative estimate of drug-likeness (QED) is 0.452. The molecule has 0 aliphatic heterocycles. The smallest absolute Gasteiger partial charge is 0.150 e. The van der Waals surface area contributed by atoms with Crippen molar-refractivity contribution in [3.8, 4) is 11.4 Å². The highest BCUT2D eigenvalue weighted by atomic mass is 19.1. The minimum Gasteiger partial charge on any atom is -0.298 e. The molecule has 0 bridgehead atoms. The van der Waals surface area contributed by atoms with Gasteiger partial charge in [0.05, 0.1) is 46.0 Å². The molecule has 164 valence electrons. The largest absolute Gasteiger partial charge is 0.298 e. The van der Waals surface area contributed by atoms with Gasteiger partial charge in [-0.05, 0) is 76.2 Å². The number of ketones is 1. The summed E-state index contributed by atoms with van der Waals surface area (Å²) in [7, 11) is 0. The Balaban J connectivity index is 1.70. The van der Waals surface area contributed by atoms with Crippen LogP contribution in [0.15, 0.2) is 48.5 Å². The van der Waals surface area contributed by atoms with E-state index < -0.39 is 11.8 Å². The summed E-state index contributed by atoms with van der Waals surface area (Å²) in [5, 5.41) is 16.6. The predicted octanol–water partition coefficient (Wildman–Crippen LogP) is 4.22. The number of aromatic nitrogens is 6. The lowest BCUT2D eigenvalue weighted by Gasteiger charge is -2.19. The lowest BCUT2D eigenvalue weighted by atomic mass is 9.89. The van der Waals surface area contributed by atoms with Gasteiger partial charge in [-0.15, -0.1) is 10.2 Å². The van der Waals surface area contributed by atoms with Crippen molar-refractivity contribution in [2.75, 3.05) is 0 Å². The number of nitrogens with zero attached hydrogens (tertiary/aromatic N) is 6. The number of carbonyl (C=O) groups is 1. The van der Waals surface area contributed by atoms with Crippen LogP contribution in [0.1, 0.15) is 48.5 Å². The van der Waals surface area contributed by atoms with Gasteiger partial charge in [0, 0.05) is 0 Å². The Morgan fingerprint density at radius 1 is 0.719 bits per heavy atom. The lowest BCUT2D eigenvalue weighted by Crippen LogP contribution is -2.22. The average molecular weight is 436 g/mol. The van der Waals surface area contributed by atoms with E-state index in [9.17, 15) is 13.6 Å². The topological polar surface area (TPSA) is 78.5 Å². The lowest BCUT2D eigenvalue weighted by molar-refractivity contribution is -0.121. The third-order valence-corrected chi connectivity index (χ3v) is 5.58. The molecule has 0 saturated heterocycles. The van der Waals surface area contributed by atoms with Crippen LogP contribution in [-0.4, -0.2) is 35.8 Å². The molecule has 2 aromatic carbocycles. The van der Waals surface area contributed by atoms with Crippen LogP contribution >= 0.6 is 0 Å². The van der Waals surface area contributed by atoms with E-state index in [2.05, 4.69) is 20.6 Å². The molecule has 2 heterocycles. The fourth-order valence-electron chi connectivity index (χ4n) is 3.91. The van der Waals surface area contributed by atoms with Gasteiger partial charge in [-0.1, -0.05) is 10.4 Å².